The summed E-state index contributed by atoms with van der Waals surface area (Å²) in [6.45, 7) is 2.14. The summed E-state index contributed by atoms with van der Waals surface area (Å²) >= 11 is 0. The second-order valence-corrected chi connectivity index (χ2v) is 4.45. The van der Waals surface area contributed by atoms with Gasteiger partial charge in [-0.2, -0.15) is 0 Å². The van der Waals surface area contributed by atoms with Crippen LogP contribution in [0.3, 0.4) is 0 Å². The summed E-state index contributed by atoms with van der Waals surface area (Å²) in [6, 6.07) is 13.7. The van der Waals surface area contributed by atoms with Crippen LogP contribution in [0.4, 0.5) is 0 Å². The van der Waals surface area contributed by atoms with Gasteiger partial charge in [0.1, 0.15) is 5.75 Å². The van der Waals surface area contributed by atoms with Gasteiger partial charge >= 0.3 is 0 Å². The first-order valence-electron chi connectivity index (χ1n) is 6.77. The number of hydrogen-bond acceptors (Lipinski definition) is 3. The molecule has 20 heavy (non-hydrogen) atoms. The second-order valence-electron chi connectivity index (χ2n) is 4.45. The van der Waals surface area contributed by atoms with Crippen LogP contribution in [0.1, 0.15) is 18.9 Å². The predicted molar refractivity (Wildman–Crippen MR) is 80.1 cm³/mol. The highest BCUT2D eigenvalue weighted by Gasteiger charge is 2.16. The maximum absolute atomic E-state index is 6.02. The van der Waals surface area contributed by atoms with Crippen molar-refractivity contribution in [2.45, 2.75) is 19.8 Å². The molecule has 2 rings (SSSR count). The van der Waals surface area contributed by atoms with E-state index in [4.69, 9.17) is 14.2 Å². The number of benzene rings is 2. The molecule has 3 heteroatoms. The van der Waals surface area contributed by atoms with E-state index in [1.165, 1.54) is 0 Å². The monoisotopic (exact) mass is 272 g/mol. The van der Waals surface area contributed by atoms with Crippen LogP contribution in [-0.2, 0) is 6.42 Å². The lowest BCUT2D eigenvalue weighted by atomic mass is 10.1. The summed E-state index contributed by atoms with van der Waals surface area (Å²) in [6.07, 6.45) is 1.98. The SMILES string of the molecule is CCCc1ccc(OC)c(OC)c1Oc1ccccc1. The molecule has 0 N–H and O–H groups in total. The number of ether oxygens (including phenoxy) is 3. The van der Waals surface area contributed by atoms with Crippen LogP contribution in [0.15, 0.2) is 42.5 Å². The van der Waals surface area contributed by atoms with E-state index in [1.54, 1.807) is 14.2 Å². The summed E-state index contributed by atoms with van der Waals surface area (Å²) in [5.74, 6) is 2.84. The molecule has 3 nitrogen and oxygen atoms in total. The molecule has 0 saturated carbocycles. The Labute approximate surface area is 120 Å². The van der Waals surface area contributed by atoms with Gasteiger partial charge in [0, 0.05) is 0 Å². The fourth-order valence-corrected chi connectivity index (χ4v) is 2.12. The number of para-hydroxylation sites is 1. The highest BCUT2D eigenvalue weighted by atomic mass is 16.5. The van der Waals surface area contributed by atoms with Gasteiger partial charge in [0.05, 0.1) is 14.2 Å². The van der Waals surface area contributed by atoms with Crippen LogP contribution in [0.5, 0.6) is 23.0 Å². The van der Waals surface area contributed by atoms with Crippen LogP contribution in [-0.4, -0.2) is 14.2 Å². The van der Waals surface area contributed by atoms with Crippen molar-refractivity contribution in [1.82, 2.24) is 0 Å². The molecule has 0 aliphatic heterocycles. The van der Waals surface area contributed by atoms with Crippen molar-refractivity contribution in [3.63, 3.8) is 0 Å². The number of hydrogen-bond donors (Lipinski definition) is 0. The molecule has 2 aromatic rings. The Morgan fingerprint density at radius 2 is 1.60 bits per heavy atom. The first-order chi connectivity index (χ1) is 9.80. The lowest BCUT2D eigenvalue weighted by molar-refractivity contribution is 0.334. The minimum absolute atomic E-state index is 0.641. The normalized spacial score (nSPS) is 10.2. The van der Waals surface area contributed by atoms with Crippen molar-refractivity contribution < 1.29 is 14.2 Å². The van der Waals surface area contributed by atoms with Gasteiger partial charge in [0.15, 0.2) is 11.5 Å². The van der Waals surface area contributed by atoms with Gasteiger partial charge in [-0.25, -0.2) is 0 Å². The summed E-state index contributed by atoms with van der Waals surface area (Å²) in [7, 11) is 3.26. The minimum Gasteiger partial charge on any atom is -0.493 e. The summed E-state index contributed by atoms with van der Waals surface area (Å²) in [5, 5.41) is 0. The molecule has 0 aromatic heterocycles. The molecule has 2 aromatic carbocycles. The van der Waals surface area contributed by atoms with Crippen LogP contribution < -0.4 is 14.2 Å². The Morgan fingerprint density at radius 3 is 2.20 bits per heavy atom. The molecule has 0 atom stereocenters. The lowest BCUT2D eigenvalue weighted by Crippen LogP contribution is -1.98. The Balaban J connectivity index is 2.46. The summed E-state index contributed by atoms with van der Waals surface area (Å²) in [4.78, 5) is 0. The van der Waals surface area contributed by atoms with Gasteiger partial charge in [-0.05, 0) is 30.2 Å². The van der Waals surface area contributed by atoms with Crippen molar-refractivity contribution in [3.05, 3.63) is 48.0 Å². The van der Waals surface area contributed by atoms with Crippen molar-refractivity contribution in [2.75, 3.05) is 14.2 Å². The number of methoxy groups -OCH3 is 2. The first-order valence-corrected chi connectivity index (χ1v) is 6.77. The van der Waals surface area contributed by atoms with E-state index in [2.05, 4.69) is 6.92 Å². The van der Waals surface area contributed by atoms with E-state index in [9.17, 15) is 0 Å². The zero-order valence-electron chi connectivity index (χ0n) is 12.2. The smallest absolute Gasteiger partial charge is 0.204 e. The van der Waals surface area contributed by atoms with Gasteiger partial charge in [0.2, 0.25) is 5.75 Å². The van der Waals surface area contributed by atoms with Crippen LogP contribution in [0, 0.1) is 0 Å². The van der Waals surface area contributed by atoms with Crippen molar-refractivity contribution in [2.24, 2.45) is 0 Å². The highest BCUT2D eigenvalue weighted by molar-refractivity contribution is 5.57. The Bertz CT molecular complexity index is 550. The van der Waals surface area contributed by atoms with Gasteiger partial charge in [0.25, 0.3) is 0 Å². The molecule has 0 aliphatic carbocycles. The molecule has 0 bridgehead atoms. The van der Waals surface area contributed by atoms with E-state index in [-0.39, 0.29) is 0 Å². The molecule has 0 aliphatic rings. The largest absolute Gasteiger partial charge is 0.493 e. The van der Waals surface area contributed by atoms with Gasteiger partial charge in [-0.1, -0.05) is 37.6 Å². The molecule has 0 saturated heterocycles. The van der Waals surface area contributed by atoms with Gasteiger partial charge in [-0.3, -0.25) is 0 Å². The molecule has 0 radical (unpaired) electrons. The minimum atomic E-state index is 0.641. The second kappa shape index (κ2) is 6.85. The Hall–Kier alpha value is -2.16. The standard InChI is InChI=1S/C17H20O3/c1-4-8-13-11-12-15(18-2)17(19-3)16(13)20-14-9-6-5-7-10-14/h5-7,9-12H,4,8H2,1-3H3. The van der Waals surface area contributed by atoms with Crippen LogP contribution in [0.25, 0.3) is 0 Å². The van der Waals surface area contributed by atoms with Crippen LogP contribution >= 0.6 is 0 Å². The molecule has 0 spiro atoms. The van der Waals surface area contributed by atoms with E-state index >= 15 is 0 Å². The fraction of sp³-hybridized carbons (Fsp3) is 0.294. The van der Waals surface area contributed by atoms with E-state index < -0.39 is 0 Å². The predicted octanol–water partition coefficient (Wildman–Crippen LogP) is 4.45. The summed E-state index contributed by atoms with van der Waals surface area (Å²) < 4.78 is 16.8. The third-order valence-electron chi connectivity index (χ3n) is 3.06. The molecular formula is C17H20O3. The van der Waals surface area contributed by atoms with Gasteiger partial charge < -0.3 is 14.2 Å². The molecule has 0 unspecified atom stereocenters. The Kier molecular flexibility index (Phi) is 4.88. The molecule has 0 amide bonds. The van der Waals surface area contributed by atoms with Gasteiger partial charge in [-0.15, -0.1) is 0 Å². The third-order valence-corrected chi connectivity index (χ3v) is 3.06. The molecule has 106 valence electrons. The third kappa shape index (κ3) is 3.05. The van der Waals surface area contributed by atoms with Crippen molar-refractivity contribution in [3.8, 4) is 23.0 Å². The first kappa shape index (κ1) is 14.3. The number of rotatable bonds is 6. The van der Waals surface area contributed by atoms with E-state index in [0.29, 0.717) is 11.5 Å². The van der Waals surface area contributed by atoms with E-state index in [0.717, 1.165) is 29.9 Å². The maximum atomic E-state index is 6.02. The molecule has 0 fully saturated rings. The Morgan fingerprint density at radius 1 is 0.850 bits per heavy atom. The average Bonchev–Trinajstić information content (AvgIpc) is 2.49. The zero-order valence-corrected chi connectivity index (χ0v) is 12.2. The fourth-order valence-electron chi connectivity index (χ4n) is 2.12. The molecular weight excluding hydrogens is 252 g/mol. The maximum Gasteiger partial charge on any atom is 0.204 e. The lowest BCUT2D eigenvalue weighted by Gasteiger charge is -2.17. The topological polar surface area (TPSA) is 27.7 Å². The quantitative estimate of drug-likeness (QED) is 0.777. The number of aryl methyl sites for hydroxylation is 1. The average molecular weight is 272 g/mol. The van der Waals surface area contributed by atoms with Crippen LogP contribution in [0.2, 0.25) is 0 Å². The summed E-state index contributed by atoms with van der Waals surface area (Å²) in [5.41, 5.74) is 1.12. The van der Waals surface area contributed by atoms with Crippen molar-refractivity contribution in [1.29, 1.82) is 0 Å². The highest BCUT2D eigenvalue weighted by Crippen LogP contribution is 2.42. The zero-order chi connectivity index (χ0) is 14.4. The van der Waals surface area contributed by atoms with Crippen molar-refractivity contribution >= 4 is 0 Å². The molecule has 0 heterocycles. The van der Waals surface area contributed by atoms with E-state index in [1.807, 2.05) is 42.5 Å².